The maximum atomic E-state index is 13.1. The summed E-state index contributed by atoms with van der Waals surface area (Å²) in [7, 11) is 3.13. The van der Waals surface area contributed by atoms with Crippen molar-refractivity contribution in [1.82, 2.24) is 24.8 Å². The van der Waals surface area contributed by atoms with Crippen molar-refractivity contribution < 1.29 is 24.1 Å². The van der Waals surface area contributed by atoms with Gasteiger partial charge in [0.25, 0.3) is 5.56 Å². The molecular formula is C36H45ClN6O6. The van der Waals surface area contributed by atoms with Gasteiger partial charge in [-0.15, -0.1) is 0 Å². The topological polar surface area (TPSA) is 145 Å². The van der Waals surface area contributed by atoms with Crippen molar-refractivity contribution in [3.8, 4) is 17.1 Å². The lowest BCUT2D eigenvalue weighted by atomic mass is 9.87. The molecule has 1 amide bonds. The normalized spacial score (nSPS) is 17.0. The quantitative estimate of drug-likeness (QED) is 0.151. The molecule has 2 aliphatic heterocycles. The predicted octanol–water partition coefficient (Wildman–Crippen LogP) is 5.46. The van der Waals surface area contributed by atoms with E-state index in [-0.39, 0.29) is 24.8 Å². The molecule has 2 aromatic carbocycles. The van der Waals surface area contributed by atoms with Crippen LogP contribution in [0.2, 0.25) is 5.02 Å². The molecule has 0 aliphatic carbocycles. The fourth-order valence-electron chi connectivity index (χ4n) is 7.06. The number of anilines is 1. The largest absolute Gasteiger partial charge is 0.495 e. The zero-order valence-corrected chi connectivity index (χ0v) is 29.0. The van der Waals surface area contributed by atoms with Crippen molar-refractivity contribution in [3.05, 3.63) is 74.7 Å². The number of likely N-dealkylation sites (tertiary alicyclic amines) is 2. The highest BCUT2D eigenvalue weighted by atomic mass is 35.5. The molecule has 2 saturated heterocycles. The first-order chi connectivity index (χ1) is 23.7. The number of carbonyl (C=O) groups excluding carboxylic acids is 1. The van der Waals surface area contributed by atoms with Crippen molar-refractivity contribution >= 4 is 34.4 Å². The molecule has 0 radical (unpaired) electrons. The number of piperidine rings is 2. The lowest BCUT2D eigenvalue weighted by Crippen LogP contribution is -2.49. The maximum Gasteiger partial charge on any atom is 0.409 e. The Morgan fingerprint density at radius 1 is 1.08 bits per heavy atom. The summed E-state index contributed by atoms with van der Waals surface area (Å²) in [5.41, 5.74) is 5.31. The van der Waals surface area contributed by atoms with Gasteiger partial charge in [0.2, 0.25) is 0 Å². The van der Waals surface area contributed by atoms with Gasteiger partial charge in [-0.1, -0.05) is 23.7 Å². The molecule has 4 aromatic rings. The Kier molecular flexibility index (Phi) is 11.1. The van der Waals surface area contributed by atoms with Crippen LogP contribution in [0, 0.1) is 6.92 Å². The Morgan fingerprint density at radius 2 is 1.86 bits per heavy atom. The smallest absolute Gasteiger partial charge is 0.409 e. The van der Waals surface area contributed by atoms with Crippen LogP contribution < -0.4 is 15.6 Å². The number of aromatic nitrogens is 3. The molecule has 262 valence electrons. The van der Waals surface area contributed by atoms with Gasteiger partial charge in [0.1, 0.15) is 23.7 Å². The second-order valence-corrected chi connectivity index (χ2v) is 13.2. The summed E-state index contributed by atoms with van der Waals surface area (Å²) in [6, 6.07) is 11.8. The van der Waals surface area contributed by atoms with E-state index in [1.807, 2.05) is 0 Å². The van der Waals surface area contributed by atoms with Crippen LogP contribution in [0.4, 0.5) is 10.5 Å². The fraction of sp³-hybridized carbons (Fsp3) is 0.472. The summed E-state index contributed by atoms with van der Waals surface area (Å²) in [5, 5.41) is 14.5. The van der Waals surface area contributed by atoms with Crippen LogP contribution in [-0.4, -0.2) is 102 Å². The third-order valence-corrected chi connectivity index (χ3v) is 10.1. The molecule has 12 nitrogen and oxygen atoms in total. The number of H-pyrrole nitrogens is 2. The molecular weight excluding hydrogens is 648 g/mol. The van der Waals surface area contributed by atoms with E-state index < -0.39 is 6.10 Å². The van der Waals surface area contributed by atoms with Crippen molar-refractivity contribution in [3.63, 3.8) is 0 Å². The number of amides is 1. The predicted molar refractivity (Wildman–Crippen MR) is 190 cm³/mol. The van der Waals surface area contributed by atoms with E-state index in [9.17, 15) is 14.7 Å². The molecule has 0 unspecified atom stereocenters. The number of aromatic amines is 2. The molecule has 6 rings (SSSR count). The standard InChI is InChI=1S/C36H45ClN6O6/c1-22-18-25(23-7-12-42(13-8-23)26-9-14-43(15-10-26)36(46)49-17-16-47-2)20-29-33(22)41-34(40-29)32-28(6-11-38-35(32)45)39-21-30(44)24-4-5-31(48-3)27(37)19-24/h4-6,11,18-20,23,26,30,44H,7-10,12-17,21H2,1-3H3,(H,40,41)(H2,38,39,45)/t30-/m1/s1. The van der Waals surface area contributed by atoms with E-state index in [4.69, 9.17) is 30.8 Å². The number of aliphatic hydroxyl groups is 1. The van der Waals surface area contributed by atoms with Gasteiger partial charge >= 0.3 is 6.09 Å². The third kappa shape index (κ3) is 7.88. The van der Waals surface area contributed by atoms with Gasteiger partial charge < -0.3 is 44.4 Å². The monoisotopic (exact) mass is 692 g/mol. The highest BCUT2D eigenvalue weighted by molar-refractivity contribution is 6.32. The van der Waals surface area contributed by atoms with Gasteiger partial charge in [0.05, 0.1) is 41.6 Å². The number of ether oxygens (including phenoxy) is 3. The minimum atomic E-state index is -0.870. The number of halogens is 1. The van der Waals surface area contributed by atoms with Gasteiger partial charge in [-0.25, -0.2) is 9.78 Å². The summed E-state index contributed by atoms with van der Waals surface area (Å²) in [4.78, 5) is 40.9. The van der Waals surface area contributed by atoms with Gasteiger partial charge in [-0.05, 0) is 92.6 Å². The number of nitrogens with one attached hydrogen (secondary N) is 3. The Bertz CT molecular complexity index is 1810. The number of carbonyl (C=O) groups is 1. The molecule has 2 aliphatic rings. The van der Waals surface area contributed by atoms with E-state index in [1.165, 1.54) is 5.56 Å². The van der Waals surface area contributed by atoms with Crippen LogP contribution in [0.15, 0.2) is 47.4 Å². The van der Waals surface area contributed by atoms with Gasteiger partial charge in [-0.2, -0.15) is 0 Å². The highest BCUT2D eigenvalue weighted by Crippen LogP contribution is 2.35. The zero-order chi connectivity index (χ0) is 34.5. The van der Waals surface area contributed by atoms with Gasteiger partial charge in [-0.3, -0.25) is 4.79 Å². The molecule has 2 aromatic heterocycles. The molecule has 0 bridgehead atoms. The molecule has 0 spiro atoms. The van der Waals surface area contributed by atoms with Crippen molar-refractivity contribution in [2.75, 3.05) is 65.5 Å². The van der Waals surface area contributed by atoms with Gasteiger partial charge in [0, 0.05) is 39.0 Å². The summed E-state index contributed by atoms with van der Waals surface area (Å²) < 4.78 is 15.5. The number of aryl methyl sites for hydroxylation is 1. The number of fused-ring (bicyclic) bond motifs is 1. The first-order valence-corrected chi connectivity index (χ1v) is 17.3. The average Bonchev–Trinajstić information content (AvgIpc) is 3.55. The van der Waals surface area contributed by atoms with Crippen LogP contribution in [0.3, 0.4) is 0 Å². The zero-order valence-electron chi connectivity index (χ0n) is 28.3. The number of nitrogens with zero attached hydrogens (tertiary/aromatic N) is 3. The van der Waals surface area contributed by atoms with Crippen LogP contribution in [0.1, 0.15) is 54.4 Å². The van der Waals surface area contributed by atoms with E-state index in [1.54, 1.807) is 49.6 Å². The molecule has 2 fully saturated rings. The van der Waals surface area contributed by atoms with E-state index in [2.05, 4.69) is 39.2 Å². The Labute approximate surface area is 290 Å². The number of imidazole rings is 1. The Hall–Kier alpha value is -4.10. The summed E-state index contributed by atoms with van der Waals surface area (Å²) in [6.45, 7) is 6.37. The number of pyridine rings is 1. The molecule has 4 N–H and O–H groups in total. The minimum Gasteiger partial charge on any atom is -0.495 e. The summed E-state index contributed by atoms with van der Waals surface area (Å²) in [5.74, 6) is 1.42. The SMILES string of the molecule is COCCOC(=O)N1CCC(N2CCC(c3cc(C)c4nc(-c5c(NC[C@@H](O)c6ccc(OC)c(Cl)c6)cc[nH]c5=O)[nH]c4c3)CC2)CC1. The first kappa shape index (κ1) is 34.8. The minimum absolute atomic E-state index is 0.155. The lowest BCUT2D eigenvalue weighted by molar-refractivity contribution is 0.0500. The number of rotatable bonds is 11. The van der Waals surface area contributed by atoms with Crippen LogP contribution in [-0.2, 0) is 9.47 Å². The first-order valence-electron chi connectivity index (χ1n) is 16.9. The molecule has 49 heavy (non-hydrogen) atoms. The number of aliphatic hydroxyl groups excluding tert-OH is 1. The number of hydrogen-bond donors (Lipinski definition) is 4. The second-order valence-electron chi connectivity index (χ2n) is 12.8. The van der Waals surface area contributed by atoms with Crippen molar-refractivity contribution in [2.24, 2.45) is 0 Å². The van der Waals surface area contributed by atoms with Gasteiger partial charge in [0.15, 0.2) is 0 Å². The number of benzene rings is 2. The van der Waals surface area contributed by atoms with Crippen LogP contribution in [0.5, 0.6) is 5.75 Å². The van der Waals surface area contributed by atoms with Crippen LogP contribution >= 0.6 is 11.6 Å². The number of hydrogen-bond acceptors (Lipinski definition) is 9. The Morgan fingerprint density at radius 3 is 2.57 bits per heavy atom. The number of methoxy groups -OCH3 is 2. The van der Waals surface area contributed by atoms with Crippen molar-refractivity contribution in [2.45, 2.75) is 50.7 Å². The molecule has 13 heteroatoms. The van der Waals surface area contributed by atoms with Crippen LogP contribution in [0.25, 0.3) is 22.4 Å². The highest BCUT2D eigenvalue weighted by Gasteiger charge is 2.31. The maximum absolute atomic E-state index is 13.1. The van der Waals surface area contributed by atoms with Crippen molar-refractivity contribution in [1.29, 1.82) is 0 Å². The summed E-state index contributed by atoms with van der Waals surface area (Å²) >= 11 is 6.26. The lowest BCUT2D eigenvalue weighted by Gasteiger charge is -2.41. The van der Waals surface area contributed by atoms with E-state index in [0.29, 0.717) is 65.1 Å². The second kappa shape index (κ2) is 15.6. The average molecular weight is 693 g/mol. The third-order valence-electron chi connectivity index (χ3n) is 9.80. The fourth-order valence-corrected chi connectivity index (χ4v) is 7.33. The summed E-state index contributed by atoms with van der Waals surface area (Å²) in [6.07, 6.45) is 4.47. The van der Waals surface area contributed by atoms with E-state index >= 15 is 0 Å². The molecule has 1 atom stereocenters. The van der Waals surface area contributed by atoms with E-state index in [0.717, 1.165) is 55.4 Å². The molecule has 4 heterocycles. The Balaban J connectivity index is 1.10. The molecule has 0 saturated carbocycles.